The molecule has 2 aromatic rings. The van der Waals surface area contributed by atoms with E-state index in [2.05, 4.69) is 48.1 Å². The van der Waals surface area contributed by atoms with Crippen LogP contribution >= 0.6 is 0 Å². The molecule has 1 N–H and O–H groups in total. The summed E-state index contributed by atoms with van der Waals surface area (Å²) in [6, 6.07) is 8.66. The molecule has 0 spiro atoms. The lowest BCUT2D eigenvalue weighted by atomic mass is 10.1. The van der Waals surface area contributed by atoms with Crippen molar-refractivity contribution >= 4 is 10.9 Å². The zero-order valence-corrected chi connectivity index (χ0v) is 10.2. The molecule has 1 aromatic heterocycles. The van der Waals surface area contributed by atoms with E-state index in [1.807, 2.05) is 6.20 Å². The quantitative estimate of drug-likeness (QED) is 0.814. The van der Waals surface area contributed by atoms with Gasteiger partial charge in [-0.15, -0.1) is 0 Å². The second-order valence-corrected chi connectivity index (χ2v) is 4.41. The lowest BCUT2D eigenvalue weighted by Crippen LogP contribution is -2.21. The molecule has 0 bridgehead atoms. The summed E-state index contributed by atoms with van der Waals surface area (Å²) in [7, 11) is 2.19. The van der Waals surface area contributed by atoms with Gasteiger partial charge in [0.1, 0.15) is 0 Å². The number of fused-ring (bicyclic) bond motifs is 1. The largest absolute Gasteiger partial charge is 0.361 e. The average Bonchev–Trinajstić information content (AvgIpc) is 2.75. The molecule has 0 aliphatic carbocycles. The van der Waals surface area contributed by atoms with Gasteiger partial charge in [-0.2, -0.15) is 0 Å². The zero-order chi connectivity index (χ0) is 11.4. The Labute approximate surface area is 97.3 Å². The Hall–Kier alpha value is -1.28. The summed E-state index contributed by atoms with van der Waals surface area (Å²) in [5.74, 6) is 0. The number of hydrogen-bond donors (Lipinski definition) is 1. The van der Waals surface area contributed by atoms with Crippen LogP contribution in [0.2, 0.25) is 0 Å². The van der Waals surface area contributed by atoms with E-state index in [0.29, 0.717) is 0 Å². The fraction of sp³-hybridized carbons (Fsp3) is 0.429. The number of benzene rings is 1. The minimum atomic E-state index is 1.12. The van der Waals surface area contributed by atoms with Gasteiger partial charge >= 0.3 is 0 Å². The average molecular weight is 216 g/mol. The third kappa shape index (κ3) is 2.45. The van der Waals surface area contributed by atoms with Crippen molar-refractivity contribution in [3.05, 3.63) is 36.0 Å². The molecule has 0 amide bonds. The first kappa shape index (κ1) is 11.2. The maximum atomic E-state index is 3.33. The number of hydrogen-bond acceptors (Lipinski definition) is 1. The van der Waals surface area contributed by atoms with E-state index in [0.717, 1.165) is 13.0 Å². The van der Waals surface area contributed by atoms with Gasteiger partial charge in [-0.1, -0.05) is 25.1 Å². The Bertz CT molecular complexity index is 445. The minimum absolute atomic E-state index is 1.12. The van der Waals surface area contributed by atoms with Gasteiger partial charge in [0.15, 0.2) is 0 Å². The molecule has 2 rings (SSSR count). The molecular formula is C14H20N2. The topological polar surface area (TPSA) is 19.0 Å². The molecule has 86 valence electrons. The first-order chi connectivity index (χ1) is 7.81. The van der Waals surface area contributed by atoms with Crippen LogP contribution in [0.1, 0.15) is 18.9 Å². The van der Waals surface area contributed by atoms with Crippen molar-refractivity contribution in [3.63, 3.8) is 0 Å². The molecule has 1 aromatic carbocycles. The van der Waals surface area contributed by atoms with Crippen LogP contribution in [0, 0.1) is 0 Å². The van der Waals surface area contributed by atoms with Gasteiger partial charge < -0.3 is 9.88 Å². The number of likely N-dealkylation sites (N-methyl/N-ethyl adjacent to an activating group) is 1. The second kappa shape index (κ2) is 5.17. The smallest absolute Gasteiger partial charge is 0.0486 e. The molecule has 0 atom stereocenters. The monoisotopic (exact) mass is 216 g/mol. The fourth-order valence-corrected chi connectivity index (χ4v) is 2.16. The number of nitrogens with one attached hydrogen (secondary N) is 1. The summed E-state index contributed by atoms with van der Waals surface area (Å²) in [6.45, 7) is 4.54. The Morgan fingerprint density at radius 3 is 2.88 bits per heavy atom. The van der Waals surface area contributed by atoms with Crippen LogP contribution in [0.15, 0.2) is 30.5 Å². The summed E-state index contributed by atoms with van der Waals surface area (Å²) >= 11 is 0. The number of para-hydroxylation sites is 1. The van der Waals surface area contributed by atoms with Crippen molar-refractivity contribution in [3.8, 4) is 0 Å². The predicted octanol–water partition coefficient (Wildman–Crippen LogP) is 3.05. The highest BCUT2D eigenvalue weighted by molar-refractivity contribution is 5.82. The first-order valence-electron chi connectivity index (χ1n) is 6.05. The second-order valence-electron chi connectivity index (χ2n) is 4.41. The van der Waals surface area contributed by atoms with E-state index >= 15 is 0 Å². The maximum Gasteiger partial charge on any atom is 0.0486 e. The van der Waals surface area contributed by atoms with Gasteiger partial charge in [0.05, 0.1) is 0 Å². The molecular weight excluding hydrogens is 196 g/mol. The number of H-pyrrole nitrogens is 1. The Morgan fingerprint density at radius 1 is 1.19 bits per heavy atom. The highest BCUT2D eigenvalue weighted by Crippen LogP contribution is 2.17. The standard InChI is InChI=1S/C14H20N2/c1-3-10-16(2)11-8-13-6-4-5-12-7-9-15-14(12)13/h4-7,9,15H,3,8,10-11H2,1-2H3. The van der Waals surface area contributed by atoms with Gasteiger partial charge in [0.25, 0.3) is 0 Å². The van der Waals surface area contributed by atoms with E-state index < -0.39 is 0 Å². The SMILES string of the molecule is CCCN(C)CCc1cccc2cc[nH]c12. The number of nitrogens with zero attached hydrogens (tertiary/aromatic N) is 1. The van der Waals surface area contributed by atoms with E-state index in [-0.39, 0.29) is 0 Å². The van der Waals surface area contributed by atoms with Crippen LogP contribution in [0.5, 0.6) is 0 Å². The van der Waals surface area contributed by atoms with Crippen LogP contribution in [0.4, 0.5) is 0 Å². The third-order valence-corrected chi connectivity index (χ3v) is 3.04. The lowest BCUT2D eigenvalue weighted by Gasteiger charge is -2.15. The summed E-state index contributed by atoms with van der Waals surface area (Å²) in [4.78, 5) is 5.72. The van der Waals surface area contributed by atoms with E-state index in [1.54, 1.807) is 0 Å². The fourth-order valence-electron chi connectivity index (χ4n) is 2.16. The predicted molar refractivity (Wildman–Crippen MR) is 69.8 cm³/mol. The van der Waals surface area contributed by atoms with Crippen molar-refractivity contribution in [2.24, 2.45) is 0 Å². The molecule has 2 nitrogen and oxygen atoms in total. The molecule has 0 aliphatic rings. The molecule has 2 heteroatoms. The Morgan fingerprint density at radius 2 is 2.06 bits per heavy atom. The summed E-state index contributed by atoms with van der Waals surface area (Å²) in [5.41, 5.74) is 2.72. The normalized spacial score (nSPS) is 11.4. The molecule has 0 saturated carbocycles. The van der Waals surface area contributed by atoms with Crippen LogP contribution < -0.4 is 0 Å². The van der Waals surface area contributed by atoms with Gasteiger partial charge in [-0.25, -0.2) is 0 Å². The minimum Gasteiger partial charge on any atom is -0.361 e. The van der Waals surface area contributed by atoms with E-state index in [4.69, 9.17) is 0 Å². The van der Waals surface area contributed by atoms with Gasteiger partial charge in [0, 0.05) is 18.3 Å². The highest BCUT2D eigenvalue weighted by atomic mass is 15.1. The maximum absolute atomic E-state index is 3.33. The lowest BCUT2D eigenvalue weighted by molar-refractivity contribution is 0.339. The zero-order valence-electron chi connectivity index (χ0n) is 10.2. The van der Waals surface area contributed by atoms with Crippen molar-refractivity contribution in [1.29, 1.82) is 0 Å². The van der Waals surface area contributed by atoms with E-state index in [1.165, 1.54) is 29.4 Å². The van der Waals surface area contributed by atoms with Gasteiger partial charge in [-0.05, 0) is 43.5 Å². The molecule has 16 heavy (non-hydrogen) atoms. The van der Waals surface area contributed by atoms with Gasteiger partial charge in [0.2, 0.25) is 0 Å². The van der Waals surface area contributed by atoms with Crippen LogP contribution in [0.3, 0.4) is 0 Å². The molecule has 0 radical (unpaired) electrons. The van der Waals surface area contributed by atoms with Crippen molar-refractivity contribution in [2.75, 3.05) is 20.1 Å². The first-order valence-corrected chi connectivity index (χ1v) is 6.05. The summed E-state index contributed by atoms with van der Waals surface area (Å²) < 4.78 is 0. The van der Waals surface area contributed by atoms with Crippen LogP contribution in [-0.4, -0.2) is 30.0 Å². The summed E-state index contributed by atoms with van der Waals surface area (Å²) in [5, 5.41) is 1.32. The van der Waals surface area contributed by atoms with Crippen LogP contribution in [-0.2, 0) is 6.42 Å². The Balaban J connectivity index is 2.06. The third-order valence-electron chi connectivity index (χ3n) is 3.04. The summed E-state index contributed by atoms with van der Waals surface area (Å²) in [6.07, 6.45) is 4.36. The number of aromatic amines is 1. The molecule has 1 heterocycles. The van der Waals surface area contributed by atoms with Gasteiger partial charge in [-0.3, -0.25) is 0 Å². The van der Waals surface area contributed by atoms with Crippen LogP contribution in [0.25, 0.3) is 10.9 Å². The molecule has 0 aliphatic heterocycles. The molecule has 0 unspecified atom stereocenters. The van der Waals surface area contributed by atoms with Crippen molar-refractivity contribution < 1.29 is 0 Å². The van der Waals surface area contributed by atoms with E-state index in [9.17, 15) is 0 Å². The molecule has 0 saturated heterocycles. The number of aromatic nitrogens is 1. The molecule has 0 fully saturated rings. The highest BCUT2D eigenvalue weighted by Gasteiger charge is 2.03. The van der Waals surface area contributed by atoms with Crippen molar-refractivity contribution in [2.45, 2.75) is 19.8 Å². The van der Waals surface area contributed by atoms with Crippen molar-refractivity contribution in [1.82, 2.24) is 9.88 Å². The Kier molecular flexibility index (Phi) is 3.62. The number of rotatable bonds is 5.